The molecule has 1 aromatic carbocycles. The summed E-state index contributed by atoms with van der Waals surface area (Å²) in [6, 6.07) is 3.35. The number of nitrogens with one attached hydrogen (secondary N) is 1. The third kappa shape index (κ3) is 4.38. The topological polar surface area (TPSA) is 75.4 Å². The molecule has 0 saturated heterocycles. The first-order chi connectivity index (χ1) is 8.54. The normalized spacial score (nSPS) is 12.4. The van der Waals surface area contributed by atoms with Gasteiger partial charge >= 0.3 is 0 Å². The summed E-state index contributed by atoms with van der Waals surface area (Å²) in [6.45, 7) is 2.46. The Labute approximate surface area is 105 Å². The Hall–Kier alpha value is -1.53. The van der Waals surface area contributed by atoms with Crippen LogP contribution in [0.15, 0.2) is 18.2 Å². The van der Waals surface area contributed by atoms with E-state index in [1.54, 1.807) is 0 Å². The Morgan fingerprint density at radius 1 is 1.56 bits per heavy atom. The molecular weight excluding hydrogens is 239 g/mol. The monoisotopic (exact) mass is 256 g/mol. The van der Waals surface area contributed by atoms with Gasteiger partial charge in [-0.3, -0.25) is 10.1 Å². The van der Waals surface area contributed by atoms with Crippen molar-refractivity contribution in [1.82, 2.24) is 5.32 Å². The van der Waals surface area contributed by atoms with Gasteiger partial charge in [0.15, 0.2) is 0 Å². The summed E-state index contributed by atoms with van der Waals surface area (Å²) in [5.41, 5.74) is 0.164. The van der Waals surface area contributed by atoms with Crippen molar-refractivity contribution in [3.05, 3.63) is 39.7 Å². The smallest absolute Gasteiger partial charge is 0.274 e. The molecule has 18 heavy (non-hydrogen) atoms. The van der Waals surface area contributed by atoms with E-state index in [0.717, 1.165) is 24.6 Å². The fraction of sp³-hybridized carbons (Fsp3) is 0.500. The van der Waals surface area contributed by atoms with E-state index < -0.39 is 16.8 Å². The molecule has 1 atom stereocenters. The van der Waals surface area contributed by atoms with E-state index >= 15 is 0 Å². The van der Waals surface area contributed by atoms with E-state index in [1.165, 1.54) is 0 Å². The number of halogens is 1. The Morgan fingerprint density at radius 2 is 2.28 bits per heavy atom. The maximum absolute atomic E-state index is 13.0. The molecule has 100 valence electrons. The minimum atomic E-state index is -0.543. The lowest BCUT2D eigenvalue weighted by Crippen LogP contribution is -2.26. The maximum Gasteiger partial charge on any atom is 0.274 e. The largest absolute Gasteiger partial charge is 0.392 e. The average molecular weight is 256 g/mol. The predicted molar refractivity (Wildman–Crippen MR) is 65.7 cm³/mol. The lowest BCUT2D eigenvalue weighted by Gasteiger charge is -2.10. The second-order valence-corrected chi connectivity index (χ2v) is 4.10. The van der Waals surface area contributed by atoms with E-state index in [0.29, 0.717) is 13.0 Å². The molecule has 6 heteroatoms. The van der Waals surface area contributed by atoms with E-state index in [-0.39, 0.29) is 17.8 Å². The summed E-state index contributed by atoms with van der Waals surface area (Å²) in [7, 11) is 0. The third-order valence-corrected chi connectivity index (χ3v) is 2.56. The van der Waals surface area contributed by atoms with Crippen LogP contribution in [0.25, 0.3) is 0 Å². The van der Waals surface area contributed by atoms with E-state index in [2.05, 4.69) is 5.32 Å². The van der Waals surface area contributed by atoms with Crippen LogP contribution in [0.3, 0.4) is 0 Å². The first-order valence-corrected chi connectivity index (χ1v) is 5.86. The zero-order valence-electron chi connectivity index (χ0n) is 10.2. The number of aliphatic hydroxyl groups excluding tert-OH is 1. The van der Waals surface area contributed by atoms with Gasteiger partial charge in [-0.15, -0.1) is 0 Å². The van der Waals surface area contributed by atoms with Crippen molar-refractivity contribution < 1.29 is 14.4 Å². The van der Waals surface area contributed by atoms with Crippen LogP contribution in [0.1, 0.15) is 25.3 Å². The molecule has 0 spiro atoms. The summed E-state index contributed by atoms with van der Waals surface area (Å²) in [5, 5.41) is 23.1. The van der Waals surface area contributed by atoms with Crippen molar-refractivity contribution in [2.45, 2.75) is 32.4 Å². The standard InChI is InChI=1S/C12H17FN2O3/c1-2-3-11(16)8-14-7-9-6-10(13)4-5-12(9)15(17)18/h4-6,11,14,16H,2-3,7-8H2,1H3. The lowest BCUT2D eigenvalue weighted by molar-refractivity contribution is -0.385. The molecule has 1 aromatic rings. The fourth-order valence-electron chi connectivity index (χ4n) is 1.68. The van der Waals surface area contributed by atoms with Gasteiger partial charge in [-0.1, -0.05) is 13.3 Å². The minimum Gasteiger partial charge on any atom is -0.392 e. The molecule has 0 saturated carbocycles. The third-order valence-electron chi connectivity index (χ3n) is 2.56. The van der Waals surface area contributed by atoms with Crippen LogP contribution >= 0.6 is 0 Å². The molecule has 0 bridgehead atoms. The molecule has 0 aromatic heterocycles. The number of aliphatic hydroxyl groups is 1. The molecule has 1 unspecified atom stereocenters. The summed E-state index contributed by atoms with van der Waals surface area (Å²) in [5.74, 6) is -0.508. The molecule has 1 rings (SSSR count). The van der Waals surface area contributed by atoms with Gasteiger partial charge in [0.1, 0.15) is 5.82 Å². The molecule has 0 amide bonds. The van der Waals surface area contributed by atoms with E-state index in [4.69, 9.17) is 0 Å². The van der Waals surface area contributed by atoms with Gasteiger partial charge in [0, 0.05) is 24.7 Å². The van der Waals surface area contributed by atoms with Crippen LogP contribution in [-0.2, 0) is 6.54 Å². The highest BCUT2D eigenvalue weighted by atomic mass is 19.1. The van der Waals surface area contributed by atoms with Gasteiger partial charge in [-0.2, -0.15) is 0 Å². The quantitative estimate of drug-likeness (QED) is 0.578. The van der Waals surface area contributed by atoms with Crippen LogP contribution < -0.4 is 5.32 Å². The number of nitrogens with zero attached hydrogens (tertiary/aromatic N) is 1. The number of hydrogen-bond donors (Lipinski definition) is 2. The Bertz CT molecular complexity index is 412. The first-order valence-electron chi connectivity index (χ1n) is 5.86. The van der Waals surface area contributed by atoms with Crippen molar-refractivity contribution >= 4 is 5.69 Å². The summed E-state index contributed by atoms with van der Waals surface area (Å²) in [6.07, 6.45) is 1.05. The van der Waals surface area contributed by atoms with Crippen LogP contribution in [0.5, 0.6) is 0 Å². The molecule has 0 aliphatic heterocycles. The fourth-order valence-corrected chi connectivity index (χ4v) is 1.68. The SMILES string of the molecule is CCCC(O)CNCc1cc(F)ccc1[N+](=O)[O-]. The van der Waals surface area contributed by atoms with Gasteiger partial charge in [0.25, 0.3) is 5.69 Å². The second-order valence-electron chi connectivity index (χ2n) is 4.10. The van der Waals surface area contributed by atoms with Gasteiger partial charge in [-0.05, 0) is 18.6 Å². The highest BCUT2D eigenvalue weighted by Crippen LogP contribution is 2.19. The highest BCUT2D eigenvalue weighted by Gasteiger charge is 2.14. The van der Waals surface area contributed by atoms with Gasteiger partial charge < -0.3 is 10.4 Å². The van der Waals surface area contributed by atoms with Crippen molar-refractivity contribution in [3.8, 4) is 0 Å². The molecule has 0 aliphatic rings. The Morgan fingerprint density at radius 3 is 2.89 bits per heavy atom. The van der Waals surface area contributed by atoms with E-state index in [1.807, 2.05) is 6.92 Å². The number of benzene rings is 1. The van der Waals surface area contributed by atoms with Gasteiger partial charge in [0.2, 0.25) is 0 Å². The van der Waals surface area contributed by atoms with Crippen LogP contribution in [0, 0.1) is 15.9 Å². The number of nitro benzene ring substituents is 1. The molecule has 5 nitrogen and oxygen atoms in total. The average Bonchev–Trinajstić information content (AvgIpc) is 2.29. The molecular formula is C12H17FN2O3. The lowest BCUT2D eigenvalue weighted by atomic mass is 10.1. The van der Waals surface area contributed by atoms with Crippen molar-refractivity contribution in [1.29, 1.82) is 0 Å². The van der Waals surface area contributed by atoms with Crippen LogP contribution in [0.4, 0.5) is 10.1 Å². The van der Waals surface area contributed by atoms with Crippen LogP contribution in [-0.4, -0.2) is 22.7 Å². The number of hydrogen-bond acceptors (Lipinski definition) is 4. The maximum atomic E-state index is 13.0. The molecule has 0 heterocycles. The molecule has 0 aliphatic carbocycles. The molecule has 0 radical (unpaired) electrons. The highest BCUT2D eigenvalue weighted by molar-refractivity contribution is 5.40. The van der Waals surface area contributed by atoms with Crippen molar-refractivity contribution in [2.24, 2.45) is 0 Å². The second kappa shape index (κ2) is 7.03. The number of rotatable bonds is 7. The Balaban J connectivity index is 2.60. The summed E-state index contributed by atoms with van der Waals surface area (Å²) >= 11 is 0. The molecule has 0 fully saturated rings. The Kier molecular flexibility index (Phi) is 5.67. The van der Waals surface area contributed by atoms with Gasteiger partial charge in [-0.25, -0.2) is 4.39 Å². The first kappa shape index (κ1) is 14.5. The molecule has 2 N–H and O–H groups in total. The summed E-state index contributed by atoms with van der Waals surface area (Å²) in [4.78, 5) is 10.2. The van der Waals surface area contributed by atoms with E-state index in [9.17, 15) is 19.6 Å². The number of nitro groups is 1. The van der Waals surface area contributed by atoms with Crippen molar-refractivity contribution in [3.63, 3.8) is 0 Å². The van der Waals surface area contributed by atoms with Crippen molar-refractivity contribution in [2.75, 3.05) is 6.54 Å². The van der Waals surface area contributed by atoms with Gasteiger partial charge in [0.05, 0.1) is 11.0 Å². The zero-order valence-corrected chi connectivity index (χ0v) is 10.2. The minimum absolute atomic E-state index is 0.117. The summed E-state index contributed by atoms with van der Waals surface area (Å²) < 4.78 is 13.0. The zero-order chi connectivity index (χ0) is 13.5. The predicted octanol–water partition coefficient (Wildman–Crippen LogP) is 1.98. The van der Waals surface area contributed by atoms with Crippen LogP contribution in [0.2, 0.25) is 0 Å².